The zero-order chi connectivity index (χ0) is 33.8. The van der Waals surface area contributed by atoms with Gasteiger partial charge in [0.1, 0.15) is 5.82 Å². The Kier molecular flexibility index (Phi) is 11.0. The molecule has 0 aliphatic carbocycles. The number of nitrogens with two attached hydrogens (primary N) is 1. The van der Waals surface area contributed by atoms with Crippen molar-refractivity contribution in [3.63, 3.8) is 0 Å². The van der Waals surface area contributed by atoms with E-state index in [0.717, 1.165) is 74.1 Å². The molecule has 2 aliphatic heterocycles. The molecule has 254 valence electrons. The number of nitrogens with one attached hydrogen (secondary N) is 1. The number of carbonyl (C=O) groups is 1. The van der Waals surface area contributed by atoms with Gasteiger partial charge in [-0.2, -0.15) is 0 Å². The van der Waals surface area contributed by atoms with E-state index in [9.17, 15) is 4.79 Å². The van der Waals surface area contributed by atoms with Crippen LogP contribution in [0.5, 0.6) is 0 Å². The van der Waals surface area contributed by atoms with Crippen molar-refractivity contribution in [1.82, 2.24) is 24.8 Å². The van der Waals surface area contributed by atoms with Crippen LogP contribution in [0.3, 0.4) is 0 Å². The normalized spacial score (nSPS) is 21.3. The molecular weight excluding hydrogens is 609 g/mol. The minimum atomic E-state index is -1.89. The second-order valence-electron chi connectivity index (χ2n) is 14.6. The highest BCUT2D eigenvalue weighted by atomic mass is 28.4. The van der Waals surface area contributed by atoms with Crippen LogP contribution in [0.25, 0.3) is 11.1 Å². The summed E-state index contributed by atoms with van der Waals surface area (Å²) in [5.74, 6) is 0.689. The molecule has 0 amide bonds. The standard InChI is InChI=1S/C35H52N8O3Si/c1-25-21-41(24-33(44)45)14-15-42(25)22-26-8-7-9-29(16-26)40-32-17-27(11-13-37-32)28-19-38-34(39-20-28)43-23-31(18-30(43)10-12-36)46-47(5,6)35(2,3)4/h7-9,11,13,16-17,19-20,25,30-31H,10,12,14-15,18,21-24,36H2,1-6H3,(H,37,40)(H,44,45). The molecule has 12 heteroatoms. The molecule has 2 fully saturated rings. The molecule has 2 aliphatic rings. The number of hydrogen-bond donors (Lipinski definition) is 3. The van der Waals surface area contributed by atoms with Gasteiger partial charge in [-0.1, -0.05) is 32.9 Å². The third-order valence-corrected chi connectivity index (χ3v) is 14.5. The number of nitrogens with zero attached hydrogens (tertiary/aromatic N) is 6. The molecule has 2 aromatic heterocycles. The first-order valence-corrected chi connectivity index (χ1v) is 19.7. The molecule has 0 saturated carbocycles. The summed E-state index contributed by atoms with van der Waals surface area (Å²) in [6.07, 6.45) is 7.56. The van der Waals surface area contributed by atoms with Crippen molar-refractivity contribution in [2.45, 2.75) is 83.4 Å². The van der Waals surface area contributed by atoms with E-state index in [1.165, 1.54) is 5.56 Å². The van der Waals surface area contributed by atoms with E-state index in [1.807, 2.05) is 35.5 Å². The van der Waals surface area contributed by atoms with Gasteiger partial charge in [0.15, 0.2) is 8.32 Å². The van der Waals surface area contributed by atoms with Gasteiger partial charge in [0, 0.05) is 74.6 Å². The van der Waals surface area contributed by atoms with Gasteiger partial charge in [0.05, 0.1) is 12.6 Å². The van der Waals surface area contributed by atoms with Crippen LogP contribution in [0.4, 0.5) is 17.5 Å². The Morgan fingerprint density at radius 1 is 1.09 bits per heavy atom. The Hall–Kier alpha value is -3.42. The smallest absolute Gasteiger partial charge is 0.317 e. The first kappa shape index (κ1) is 34.9. The Balaban J connectivity index is 1.22. The summed E-state index contributed by atoms with van der Waals surface area (Å²) < 4.78 is 6.78. The van der Waals surface area contributed by atoms with Crippen molar-refractivity contribution in [1.29, 1.82) is 0 Å². The van der Waals surface area contributed by atoms with Crippen LogP contribution >= 0.6 is 0 Å². The Morgan fingerprint density at radius 2 is 1.85 bits per heavy atom. The SMILES string of the molecule is CC1CN(CC(=O)O)CCN1Cc1cccc(Nc2cc(-c3cnc(N4CC(O[Si](C)(C)C(C)(C)C)CC4CCN)nc3)ccn2)c1. The van der Waals surface area contributed by atoms with Gasteiger partial charge in [-0.05, 0) is 79.8 Å². The summed E-state index contributed by atoms with van der Waals surface area (Å²) in [6.45, 7) is 18.3. The second kappa shape index (κ2) is 14.8. The summed E-state index contributed by atoms with van der Waals surface area (Å²) in [6, 6.07) is 12.9. The molecule has 5 rings (SSSR count). The van der Waals surface area contributed by atoms with Crippen LogP contribution < -0.4 is 16.0 Å². The topological polar surface area (TPSA) is 133 Å². The van der Waals surface area contributed by atoms with Gasteiger partial charge in [0.25, 0.3) is 0 Å². The number of benzene rings is 1. The van der Waals surface area contributed by atoms with Crippen molar-refractivity contribution in [2.75, 3.05) is 49.5 Å². The molecule has 3 atom stereocenters. The van der Waals surface area contributed by atoms with Gasteiger partial charge in [-0.25, -0.2) is 15.0 Å². The minimum absolute atomic E-state index is 0.0983. The summed E-state index contributed by atoms with van der Waals surface area (Å²) in [4.78, 5) is 32.0. The Morgan fingerprint density at radius 3 is 2.53 bits per heavy atom. The Labute approximate surface area is 280 Å². The van der Waals surface area contributed by atoms with Gasteiger partial charge in [-0.15, -0.1) is 0 Å². The maximum absolute atomic E-state index is 11.1. The van der Waals surface area contributed by atoms with Crippen molar-refractivity contribution >= 4 is 31.7 Å². The number of carboxylic acids is 1. The van der Waals surface area contributed by atoms with Crippen LogP contribution in [0.15, 0.2) is 55.0 Å². The van der Waals surface area contributed by atoms with E-state index in [2.05, 4.69) is 79.1 Å². The van der Waals surface area contributed by atoms with Crippen LogP contribution in [0.1, 0.15) is 46.1 Å². The van der Waals surface area contributed by atoms with Crippen molar-refractivity contribution in [2.24, 2.45) is 5.73 Å². The minimum Gasteiger partial charge on any atom is -0.480 e. The number of carboxylic acid groups (broad SMARTS) is 1. The third-order valence-electron chi connectivity index (χ3n) is 9.92. The van der Waals surface area contributed by atoms with Gasteiger partial charge >= 0.3 is 5.97 Å². The predicted molar refractivity (Wildman–Crippen MR) is 190 cm³/mol. The highest BCUT2D eigenvalue weighted by molar-refractivity contribution is 6.74. The Bertz CT molecular complexity index is 1500. The van der Waals surface area contributed by atoms with Crippen molar-refractivity contribution in [3.8, 4) is 11.1 Å². The van der Waals surface area contributed by atoms with E-state index in [1.54, 1.807) is 6.20 Å². The fourth-order valence-corrected chi connectivity index (χ4v) is 7.69. The third kappa shape index (κ3) is 8.93. The number of aliphatic carboxylic acids is 1. The molecule has 47 heavy (non-hydrogen) atoms. The van der Waals surface area contributed by atoms with E-state index in [4.69, 9.17) is 25.2 Å². The maximum Gasteiger partial charge on any atom is 0.317 e. The lowest BCUT2D eigenvalue weighted by atomic mass is 10.1. The number of hydrogen-bond acceptors (Lipinski definition) is 10. The number of piperazine rings is 1. The molecule has 4 N–H and O–H groups in total. The molecular formula is C35H52N8O3Si. The van der Waals surface area contributed by atoms with E-state index in [-0.39, 0.29) is 29.8 Å². The summed E-state index contributed by atoms with van der Waals surface area (Å²) in [5, 5.41) is 12.8. The lowest BCUT2D eigenvalue weighted by Gasteiger charge is -2.39. The molecule has 3 unspecified atom stereocenters. The summed E-state index contributed by atoms with van der Waals surface area (Å²) in [7, 11) is -1.89. The van der Waals surface area contributed by atoms with Gasteiger partial charge < -0.3 is 25.5 Å². The van der Waals surface area contributed by atoms with E-state index in [0.29, 0.717) is 6.54 Å². The highest BCUT2D eigenvalue weighted by Gasteiger charge is 2.43. The molecule has 0 radical (unpaired) electrons. The van der Waals surface area contributed by atoms with Gasteiger partial charge in [-0.3, -0.25) is 14.6 Å². The largest absolute Gasteiger partial charge is 0.480 e. The molecule has 1 aromatic carbocycles. The zero-order valence-electron chi connectivity index (χ0n) is 28.8. The molecule has 0 bridgehead atoms. The molecule has 0 spiro atoms. The average Bonchev–Trinajstić information content (AvgIpc) is 3.39. The zero-order valence-corrected chi connectivity index (χ0v) is 29.8. The molecule has 3 aromatic rings. The number of anilines is 3. The average molecular weight is 661 g/mol. The summed E-state index contributed by atoms with van der Waals surface area (Å²) in [5.41, 5.74) is 10.1. The fourth-order valence-electron chi connectivity index (χ4n) is 6.33. The fraction of sp³-hybridized carbons (Fsp3) is 0.543. The molecule has 4 heterocycles. The summed E-state index contributed by atoms with van der Waals surface area (Å²) >= 11 is 0. The lowest BCUT2D eigenvalue weighted by Crippen LogP contribution is -2.52. The van der Waals surface area contributed by atoms with Crippen molar-refractivity contribution in [3.05, 3.63) is 60.6 Å². The van der Waals surface area contributed by atoms with Crippen LogP contribution in [0, 0.1) is 0 Å². The van der Waals surface area contributed by atoms with Crippen LogP contribution in [-0.2, 0) is 15.8 Å². The molecule has 2 saturated heterocycles. The number of pyridine rings is 1. The van der Waals surface area contributed by atoms with Crippen LogP contribution in [-0.4, -0.2) is 102 Å². The highest BCUT2D eigenvalue weighted by Crippen LogP contribution is 2.39. The monoisotopic (exact) mass is 660 g/mol. The first-order valence-electron chi connectivity index (χ1n) is 16.8. The van der Waals surface area contributed by atoms with Crippen molar-refractivity contribution < 1.29 is 14.3 Å². The molecule has 11 nitrogen and oxygen atoms in total. The predicted octanol–water partition coefficient (Wildman–Crippen LogP) is 5.19. The van der Waals surface area contributed by atoms with Crippen LogP contribution in [0.2, 0.25) is 18.1 Å². The second-order valence-corrected chi connectivity index (χ2v) is 19.4. The first-order chi connectivity index (χ1) is 22.3. The van der Waals surface area contributed by atoms with E-state index < -0.39 is 14.3 Å². The van der Waals surface area contributed by atoms with Gasteiger partial charge in [0.2, 0.25) is 5.95 Å². The number of rotatable bonds is 12. The quantitative estimate of drug-likeness (QED) is 0.222. The van der Waals surface area contributed by atoms with E-state index >= 15 is 0 Å². The number of aromatic nitrogens is 3. The maximum atomic E-state index is 11.1. The lowest BCUT2D eigenvalue weighted by molar-refractivity contribution is -0.139.